The van der Waals surface area contributed by atoms with E-state index in [1.807, 2.05) is 61.5 Å². The lowest BCUT2D eigenvalue weighted by Crippen LogP contribution is -2.41. The highest BCUT2D eigenvalue weighted by molar-refractivity contribution is 6.23. The molecular formula is C22H24N2O3. The molecule has 4 rings (SSSR count). The number of benzene rings is 2. The Balaban J connectivity index is 1.69. The number of para-hydroxylation sites is 1. The van der Waals surface area contributed by atoms with E-state index in [1.165, 1.54) is 4.90 Å². The third-order valence-corrected chi connectivity index (χ3v) is 5.25. The fourth-order valence-corrected chi connectivity index (χ4v) is 3.99. The number of amides is 2. The SMILES string of the molecule is Cc1ccc(N2C(=O)[C@@H]3[C@@H](ON(c4ccccc4)[C@H]3CC(C)C)C2=O)cc1. The van der Waals surface area contributed by atoms with Gasteiger partial charge in [0.05, 0.1) is 23.3 Å². The zero-order valence-electron chi connectivity index (χ0n) is 15.8. The number of anilines is 2. The summed E-state index contributed by atoms with van der Waals surface area (Å²) < 4.78 is 0. The third kappa shape index (κ3) is 3.02. The summed E-state index contributed by atoms with van der Waals surface area (Å²) in [6.45, 7) is 6.22. The number of carbonyl (C=O) groups excluding carboxylic acids is 2. The minimum atomic E-state index is -0.761. The Bertz CT molecular complexity index is 848. The van der Waals surface area contributed by atoms with Crippen LogP contribution in [0.15, 0.2) is 54.6 Å². The summed E-state index contributed by atoms with van der Waals surface area (Å²) >= 11 is 0. The molecule has 0 aliphatic carbocycles. The second kappa shape index (κ2) is 6.82. The highest BCUT2D eigenvalue weighted by Gasteiger charge is 2.59. The van der Waals surface area contributed by atoms with Crippen LogP contribution in [0, 0.1) is 18.8 Å². The first-order chi connectivity index (χ1) is 13.0. The van der Waals surface area contributed by atoms with E-state index >= 15 is 0 Å². The minimum Gasteiger partial charge on any atom is -0.273 e. The average molecular weight is 364 g/mol. The lowest BCUT2D eigenvalue weighted by atomic mass is 9.90. The number of aryl methyl sites for hydroxylation is 1. The summed E-state index contributed by atoms with van der Waals surface area (Å²) in [5.74, 6) is -0.555. The zero-order valence-corrected chi connectivity index (χ0v) is 15.8. The van der Waals surface area contributed by atoms with Crippen molar-refractivity contribution >= 4 is 23.2 Å². The number of nitrogens with zero attached hydrogens (tertiary/aromatic N) is 2. The van der Waals surface area contributed by atoms with Gasteiger partial charge < -0.3 is 0 Å². The normalized spacial score (nSPS) is 24.8. The molecule has 27 heavy (non-hydrogen) atoms. The topological polar surface area (TPSA) is 49.9 Å². The Kier molecular flexibility index (Phi) is 4.48. The van der Waals surface area contributed by atoms with Gasteiger partial charge in [0, 0.05) is 0 Å². The molecule has 0 unspecified atom stereocenters. The monoisotopic (exact) mass is 364 g/mol. The quantitative estimate of drug-likeness (QED) is 0.776. The summed E-state index contributed by atoms with van der Waals surface area (Å²) in [5.41, 5.74) is 2.57. The van der Waals surface area contributed by atoms with Crippen LogP contribution in [-0.4, -0.2) is 24.0 Å². The highest BCUT2D eigenvalue weighted by atomic mass is 16.7. The van der Waals surface area contributed by atoms with E-state index in [1.54, 1.807) is 5.06 Å². The predicted molar refractivity (Wildman–Crippen MR) is 104 cm³/mol. The molecule has 0 saturated carbocycles. The highest BCUT2D eigenvalue weighted by Crippen LogP contribution is 2.42. The molecule has 0 spiro atoms. The Morgan fingerprint density at radius 2 is 1.59 bits per heavy atom. The molecule has 0 bridgehead atoms. The summed E-state index contributed by atoms with van der Waals surface area (Å²) in [6.07, 6.45) is 0.0133. The van der Waals surface area contributed by atoms with Crippen molar-refractivity contribution in [2.45, 2.75) is 39.3 Å². The van der Waals surface area contributed by atoms with Gasteiger partial charge in [-0.25, -0.2) is 9.96 Å². The van der Waals surface area contributed by atoms with Gasteiger partial charge in [-0.2, -0.15) is 0 Å². The summed E-state index contributed by atoms with van der Waals surface area (Å²) in [7, 11) is 0. The summed E-state index contributed by atoms with van der Waals surface area (Å²) in [4.78, 5) is 33.7. The maximum Gasteiger partial charge on any atom is 0.266 e. The second-order valence-electron chi connectivity index (χ2n) is 7.76. The molecule has 2 saturated heterocycles. The average Bonchev–Trinajstić information content (AvgIpc) is 3.13. The first-order valence-electron chi connectivity index (χ1n) is 9.43. The summed E-state index contributed by atoms with van der Waals surface area (Å²) in [6, 6.07) is 17.0. The zero-order chi connectivity index (χ0) is 19.1. The number of rotatable bonds is 4. The van der Waals surface area contributed by atoms with Crippen molar-refractivity contribution in [2.24, 2.45) is 11.8 Å². The molecule has 3 atom stereocenters. The Morgan fingerprint density at radius 3 is 2.22 bits per heavy atom. The van der Waals surface area contributed by atoms with Gasteiger partial charge in [-0.3, -0.25) is 14.4 Å². The van der Waals surface area contributed by atoms with E-state index in [0.29, 0.717) is 11.6 Å². The number of hydrogen-bond acceptors (Lipinski definition) is 4. The Labute approximate surface area is 159 Å². The van der Waals surface area contributed by atoms with E-state index in [2.05, 4.69) is 13.8 Å². The van der Waals surface area contributed by atoms with Crippen LogP contribution >= 0.6 is 0 Å². The molecule has 5 heteroatoms. The first kappa shape index (κ1) is 17.7. The van der Waals surface area contributed by atoms with Crippen molar-refractivity contribution in [3.8, 4) is 0 Å². The van der Waals surface area contributed by atoms with Gasteiger partial charge in [-0.05, 0) is 43.5 Å². The number of hydrogen-bond donors (Lipinski definition) is 0. The van der Waals surface area contributed by atoms with Gasteiger partial charge in [-0.1, -0.05) is 49.7 Å². The molecule has 2 heterocycles. The molecule has 2 aromatic carbocycles. The Morgan fingerprint density at radius 1 is 0.926 bits per heavy atom. The van der Waals surface area contributed by atoms with E-state index in [4.69, 9.17) is 4.84 Å². The van der Waals surface area contributed by atoms with Crippen molar-refractivity contribution in [3.63, 3.8) is 0 Å². The molecule has 2 aromatic rings. The van der Waals surface area contributed by atoms with Crippen molar-refractivity contribution in [1.82, 2.24) is 0 Å². The van der Waals surface area contributed by atoms with Crippen LogP contribution in [0.2, 0.25) is 0 Å². The number of hydroxylamine groups is 1. The van der Waals surface area contributed by atoms with Crippen LogP contribution in [-0.2, 0) is 14.4 Å². The molecule has 2 amide bonds. The van der Waals surface area contributed by atoms with Crippen LogP contribution in [0.4, 0.5) is 11.4 Å². The number of carbonyl (C=O) groups is 2. The number of imide groups is 1. The molecule has 0 aromatic heterocycles. The maximum atomic E-state index is 13.2. The number of fused-ring (bicyclic) bond motifs is 1. The third-order valence-electron chi connectivity index (χ3n) is 5.25. The van der Waals surface area contributed by atoms with Crippen LogP contribution in [0.3, 0.4) is 0 Å². The van der Waals surface area contributed by atoms with Crippen molar-refractivity contribution in [3.05, 3.63) is 60.2 Å². The van der Waals surface area contributed by atoms with Gasteiger partial charge in [0.1, 0.15) is 0 Å². The molecule has 2 fully saturated rings. The van der Waals surface area contributed by atoms with Gasteiger partial charge in [0.15, 0.2) is 6.10 Å². The lowest BCUT2D eigenvalue weighted by molar-refractivity contribution is -0.126. The smallest absolute Gasteiger partial charge is 0.266 e. The molecule has 0 N–H and O–H groups in total. The van der Waals surface area contributed by atoms with Gasteiger partial charge >= 0.3 is 0 Å². The molecule has 140 valence electrons. The maximum absolute atomic E-state index is 13.2. The van der Waals surface area contributed by atoms with Gasteiger partial charge in [-0.15, -0.1) is 0 Å². The molecule has 5 nitrogen and oxygen atoms in total. The molecular weight excluding hydrogens is 340 g/mol. The molecule has 0 radical (unpaired) electrons. The van der Waals surface area contributed by atoms with Gasteiger partial charge in [0.25, 0.3) is 5.91 Å². The molecule has 2 aliphatic heterocycles. The minimum absolute atomic E-state index is 0.163. The van der Waals surface area contributed by atoms with E-state index in [-0.39, 0.29) is 17.9 Å². The first-order valence-corrected chi connectivity index (χ1v) is 9.43. The lowest BCUT2D eigenvalue weighted by Gasteiger charge is -2.29. The van der Waals surface area contributed by atoms with Crippen molar-refractivity contribution < 1.29 is 14.4 Å². The van der Waals surface area contributed by atoms with Crippen LogP contribution < -0.4 is 9.96 Å². The standard InChI is InChI=1S/C22H24N2O3/c1-14(2)13-18-19-20(27-24(18)17-7-5-4-6-8-17)22(26)23(21(19)25)16-11-9-15(3)10-12-16/h4-12,14,18-20H,13H2,1-3H3/t18-,19-,20+/m0/s1. The van der Waals surface area contributed by atoms with Crippen LogP contribution in [0.5, 0.6) is 0 Å². The summed E-state index contributed by atoms with van der Waals surface area (Å²) in [5, 5.41) is 1.78. The fourth-order valence-electron chi connectivity index (χ4n) is 3.99. The van der Waals surface area contributed by atoms with Crippen LogP contribution in [0.1, 0.15) is 25.8 Å². The largest absolute Gasteiger partial charge is 0.273 e. The van der Waals surface area contributed by atoms with Crippen LogP contribution in [0.25, 0.3) is 0 Å². The van der Waals surface area contributed by atoms with Gasteiger partial charge in [0.2, 0.25) is 5.91 Å². The van der Waals surface area contributed by atoms with Crippen molar-refractivity contribution in [2.75, 3.05) is 9.96 Å². The Hall–Kier alpha value is -2.66. The van der Waals surface area contributed by atoms with E-state index < -0.39 is 12.0 Å². The second-order valence-corrected chi connectivity index (χ2v) is 7.76. The fraction of sp³-hybridized carbons (Fsp3) is 0.364. The van der Waals surface area contributed by atoms with E-state index in [9.17, 15) is 9.59 Å². The molecule has 2 aliphatic rings. The predicted octanol–water partition coefficient (Wildman–Crippen LogP) is 3.72. The van der Waals surface area contributed by atoms with E-state index in [0.717, 1.165) is 17.7 Å². The van der Waals surface area contributed by atoms with Crippen molar-refractivity contribution in [1.29, 1.82) is 0 Å².